The van der Waals surface area contributed by atoms with Crippen LogP contribution in [0.15, 0.2) is 21.4 Å². The van der Waals surface area contributed by atoms with Crippen molar-refractivity contribution in [3.63, 3.8) is 0 Å². The van der Waals surface area contributed by atoms with E-state index in [-0.39, 0.29) is 0 Å². The van der Waals surface area contributed by atoms with Gasteiger partial charge in [-0.1, -0.05) is 0 Å². The summed E-state index contributed by atoms with van der Waals surface area (Å²) in [6, 6.07) is 0. The number of hydrogen-bond acceptors (Lipinski definition) is 1. The normalized spacial score (nSPS) is 14.4. The monoisotopic (exact) mass is 223 g/mol. The Morgan fingerprint density at radius 2 is 2.00 bits per heavy atom. The molecule has 0 bridgehead atoms. The van der Waals surface area contributed by atoms with Crippen LogP contribution >= 0.6 is 22.6 Å². The van der Waals surface area contributed by atoms with Crippen LogP contribution in [0.25, 0.3) is 0 Å². The molecule has 1 nitrogen and oxygen atoms in total. The highest BCUT2D eigenvalue weighted by atomic mass is 127. The number of allylic oxidation sites excluding steroid dienone is 3. The number of halogens is 1. The van der Waals surface area contributed by atoms with Crippen LogP contribution in [0.1, 0.15) is 13.8 Å². The molecule has 0 aliphatic rings. The Morgan fingerprint density at radius 1 is 1.50 bits per heavy atom. The lowest BCUT2D eigenvalue weighted by atomic mass is 10.3. The lowest BCUT2D eigenvalue weighted by Crippen LogP contribution is -1.79. The van der Waals surface area contributed by atoms with E-state index in [1.807, 2.05) is 19.9 Å². The Hall–Kier alpha value is 0.01000. The van der Waals surface area contributed by atoms with Crippen LogP contribution in [0.2, 0.25) is 0 Å². The van der Waals surface area contributed by atoms with Gasteiger partial charge in [0.2, 0.25) is 0 Å². The summed E-state index contributed by atoms with van der Waals surface area (Å²) in [5, 5.41) is 0. The molecule has 0 rings (SSSR count). The van der Waals surface area contributed by atoms with E-state index in [1.165, 1.54) is 3.58 Å². The van der Waals surface area contributed by atoms with Gasteiger partial charge < -0.3 is 5.73 Å². The minimum absolute atomic E-state index is 1.11. The first-order chi connectivity index (χ1) is 3.66. The molecule has 0 spiro atoms. The van der Waals surface area contributed by atoms with Crippen molar-refractivity contribution < 1.29 is 0 Å². The van der Waals surface area contributed by atoms with E-state index in [2.05, 4.69) is 22.6 Å². The molecule has 0 aromatic carbocycles. The second-order valence-electron chi connectivity index (χ2n) is 1.64. The van der Waals surface area contributed by atoms with Crippen molar-refractivity contribution in [2.45, 2.75) is 13.8 Å². The first-order valence-electron chi connectivity index (χ1n) is 2.39. The van der Waals surface area contributed by atoms with Crippen molar-refractivity contribution >= 4 is 22.6 Å². The third-order valence-electron chi connectivity index (χ3n) is 0.689. The summed E-state index contributed by atoms with van der Waals surface area (Å²) < 4.78 is 1.25. The predicted molar refractivity (Wildman–Crippen MR) is 45.7 cm³/mol. The highest BCUT2D eigenvalue weighted by Crippen LogP contribution is 2.06. The number of hydrogen-bond donors (Lipinski definition) is 1. The maximum atomic E-state index is 5.21. The van der Waals surface area contributed by atoms with Crippen molar-refractivity contribution in [3.05, 3.63) is 21.4 Å². The van der Waals surface area contributed by atoms with E-state index in [4.69, 9.17) is 5.73 Å². The fourth-order valence-electron chi connectivity index (χ4n) is 0.362. The summed E-state index contributed by atoms with van der Waals surface area (Å²) in [4.78, 5) is 0. The molecular formula is C6H10IN. The molecule has 2 N–H and O–H groups in total. The standard InChI is InChI=1S/C6H10IN/c1-5(4-8)3-6(2)7/h3-4H,8H2,1-2H3/b5-4-,6-3+. The second kappa shape index (κ2) is 3.95. The zero-order valence-electron chi connectivity index (χ0n) is 5.11. The topological polar surface area (TPSA) is 26.0 Å². The minimum Gasteiger partial charge on any atom is -0.404 e. The molecule has 0 fully saturated rings. The molecule has 0 unspecified atom stereocenters. The molecule has 0 amide bonds. The summed E-state index contributed by atoms with van der Waals surface area (Å²) in [5.41, 5.74) is 6.32. The van der Waals surface area contributed by atoms with Gasteiger partial charge in [-0.2, -0.15) is 0 Å². The van der Waals surface area contributed by atoms with Crippen molar-refractivity contribution in [1.82, 2.24) is 0 Å². The number of rotatable bonds is 1. The Labute approximate surface area is 63.8 Å². The molecule has 0 aromatic rings. The zero-order valence-corrected chi connectivity index (χ0v) is 7.27. The number of nitrogens with two attached hydrogens (primary N) is 1. The van der Waals surface area contributed by atoms with Gasteiger partial charge in [-0.25, -0.2) is 0 Å². The molecule has 0 aromatic heterocycles. The first-order valence-corrected chi connectivity index (χ1v) is 3.47. The van der Waals surface area contributed by atoms with E-state index in [0.29, 0.717) is 0 Å². The largest absolute Gasteiger partial charge is 0.404 e. The highest BCUT2D eigenvalue weighted by Gasteiger charge is 1.79. The molecule has 0 radical (unpaired) electrons. The smallest absolute Gasteiger partial charge is 0.00323 e. The predicted octanol–water partition coefficient (Wildman–Crippen LogP) is 2.19. The van der Waals surface area contributed by atoms with Gasteiger partial charge in [0.15, 0.2) is 0 Å². The molecule has 0 saturated carbocycles. The van der Waals surface area contributed by atoms with Crippen molar-refractivity contribution in [3.8, 4) is 0 Å². The fourth-order valence-corrected chi connectivity index (χ4v) is 0.853. The maximum Gasteiger partial charge on any atom is -0.00323 e. The van der Waals surface area contributed by atoms with Crippen LogP contribution in [-0.2, 0) is 0 Å². The molecule has 0 atom stereocenters. The quantitative estimate of drug-likeness (QED) is 0.535. The van der Waals surface area contributed by atoms with Crippen LogP contribution in [0.3, 0.4) is 0 Å². The Balaban J connectivity index is 3.89. The minimum atomic E-state index is 1.11. The summed E-state index contributed by atoms with van der Waals surface area (Å²) in [5.74, 6) is 0. The third kappa shape index (κ3) is 4.18. The Bertz CT molecular complexity index is 120. The van der Waals surface area contributed by atoms with Gasteiger partial charge >= 0.3 is 0 Å². The maximum absolute atomic E-state index is 5.21. The zero-order chi connectivity index (χ0) is 6.57. The van der Waals surface area contributed by atoms with E-state index in [0.717, 1.165) is 5.57 Å². The van der Waals surface area contributed by atoms with Crippen molar-refractivity contribution in [2.75, 3.05) is 0 Å². The van der Waals surface area contributed by atoms with Crippen LogP contribution in [0, 0.1) is 0 Å². The molecule has 0 heterocycles. The van der Waals surface area contributed by atoms with Gasteiger partial charge in [0.25, 0.3) is 0 Å². The Morgan fingerprint density at radius 3 is 2.12 bits per heavy atom. The summed E-state index contributed by atoms with van der Waals surface area (Å²) in [6.07, 6.45) is 3.63. The van der Waals surface area contributed by atoms with E-state index in [9.17, 15) is 0 Å². The van der Waals surface area contributed by atoms with E-state index in [1.54, 1.807) is 6.20 Å². The van der Waals surface area contributed by atoms with Gasteiger partial charge in [-0.05, 0) is 57.9 Å². The van der Waals surface area contributed by atoms with Gasteiger partial charge in [0, 0.05) is 0 Å². The van der Waals surface area contributed by atoms with Gasteiger partial charge in [-0.15, -0.1) is 0 Å². The third-order valence-corrected chi connectivity index (χ3v) is 1.00. The van der Waals surface area contributed by atoms with Crippen LogP contribution in [0.4, 0.5) is 0 Å². The first kappa shape index (κ1) is 8.01. The SMILES string of the molecule is CC(=C/N)/C=C(\C)I. The van der Waals surface area contributed by atoms with E-state index >= 15 is 0 Å². The second-order valence-corrected chi connectivity index (χ2v) is 3.34. The molecule has 0 aliphatic heterocycles. The van der Waals surface area contributed by atoms with Crippen LogP contribution in [-0.4, -0.2) is 0 Å². The van der Waals surface area contributed by atoms with Gasteiger partial charge in [-0.3, -0.25) is 0 Å². The van der Waals surface area contributed by atoms with Gasteiger partial charge in [0.05, 0.1) is 0 Å². The fraction of sp³-hybridized carbons (Fsp3) is 0.333. The average molecular weight is 223 g/mol. The van der Waals surface area contributed by atoms with E-state index < -0.39 is 0 Å². The van der Waals surface area contributed by atoms with Crippen LogP contribution < -0.4 is 5.73 Å². The average Bonchev–Trinajstić information content (AvgIpc) is 1.65. The van der Waals surface area contributed by atoms with Gasteiger partial charge in [0.1, 0.15) is 0 Å². The lowest BCUT2D eigenvalue weighted by molar-refractivity contribution is 1.42. The van der Waals surface area contributed by atoms with Crippen molar-refractivity contribution in [2.24, 2.45) is 5.73 Å². The van der Waals surface area contributed by atoms with Crippen LogP contribution in [0.5, 0.6) is 0 Å². The molecule has 0 saturated heterocycles. The molecule has 2 heteroatoms. The van der Waals surface area contributed by atoms with Crippen molar-refractivity contribution in [1.29, 1.82) is 0 Å². The lowest BCUT2D eigenvalue weighted by Gasteiger charge is -1.87. The summed E-state index contributed by atoms with van der Waals surface area (Å²) in [6.45, 7) is 4.01. The molecule has 46 valence electrons. The molecular weight excluding hydrogens is 213 g/mol. The summed E-state index contributed by atoms with van der Waals surface area (Å²) >= 11 is 2.25. The molecule has 0 aliphatic carbocycles. The highest BCUT2D eigenvalue weighted by molar-refractivity contribution is 14.1. The Kier molecular flexibility index (Phi) is 3.95. The summed E-state index contributed by atoms with van der Waals surface area (Å²) in [7, 11) is 0. The molecule has 8 heavy (non-hydrogen) atoms.